The normalized spacial score (nSPS) is 15.7. The van der Waals surface area contributed by atoms with Crippen LogP contribution in [0.15, 0.2) is 72.8 Å². The molecule has 0 fully saturated rings. The minimum atomic E-state index is -1.43. The van der Waals surface area contributed by atoms with E-state index in [0.29, 0.717) is 11.1 Å². The molecule has 0 radical (unpaired) electrons. The van der Waals surface area contributed by atoms with Crippen LogP contribution in [-0.2, 0) is 11.0 Å². The molecule has 0 saturated heterocycles. The molecule has 0 bridgehead atoms. The number of hydrogen-bond donors (Lipinski definition) is 1. The average molecular weight is 352 g/mol. The Bertz CT molecular complexity index is 1050. The Morgan fingerprint density at radius 1 is 0.778 bits per heavy atom. The molecule has 1 aliphatic rings. The summed E-state index contributed by atoms with van der Waals surface area (Å²) in [5.74, 6) is 6.14. The van der Waals surface area contributed by atoms with Gasteiger partial charge in [0.2, 0.25) is 0 Å². The summed E-state index contributed by atoms with van der Waals surface area (Å²) in [7, 11) is 0. The molecule has 0 aromatic heterocycles. The molecule has 3 aromatic rings. The number of carbonyl (C=O) groups excluding carboxylic acids is 1. The van der Waals surface area contributed by atoms with Crippen LogP contribution in [0.4, 0.5) is 0 Å². The van der Waals surface area contributed by atoms with Crippen LogP contribution in [0.5, 0.6) is 0 Å². The first-order chi connectivity index (χ1) is 13.0. The second-order valence-corrected chi connectivity index (χ2v) is 7.38. The fourth-order valence-corrected chi connectivity index (χ4v) is 3.98. The van der Waals surface area contributed by atoms with Crippen molar-refractivity contribution >= 4 is 6.29 Å². The standard InChI is InChI=1S/C25H20O2/c1-24(2)20-11-5-7-13-22(20)25(27,23-14-8-6-12-21(23)24)16-15-18-9-3-4-10-19(18)17-26/h3-14,17,27H,1-2H3. The van der Waals surface area contributed by atoms with Gasteiger partial charge in [-0.15, -0.1) is 0 Å². The van der Waals surface area contributed by atoms with E-state index in [2.05, 4.69) is 37.8 Å². The Morgan fingerprint density at radius 2 is 1.26 bits per heavy atom. The number of aldehydes is 1. The van der Waals surface area contributed by atoms with Gasteiger partial charge in [0.05, 0.1) is 0 Å². The van der Waals surface area contributed by atoms with E-state index in [9.17, 15) is 9.90 Å². The monoisotopic (exact) mass is 352 g/mol. The van der Waals surface area contributed by atoms with Crippen LogP contribution >= 0.6 is 0 Å². The number of rotatable bonds is 1. The van der Waals surface area contributed by atoms with Gasteiger partial charge >= 0.3 is 0 Å². The fourth-order valence-electron chi connectivity index (χ4n) is 3.98. The highest BCUT2D eigenvalue weighted by Crippen LogP contribution is 2.48. The van der Waals surface area contributed by atoms with Gasteiger partial charge in [-0.2, -0.15) is 0 Å². The molecule has 27 heavy (non-hydrogen) atoms. The molecule has 4 rings (SSSR count). The Morgan fingerprint density at radius 3 is 1.81 bits per heavy atom. The van der Waals surface area contributed by atoms with Crippen LogP contribution in [0.25, 0.3) is 0 Å². The van der Waals surface area contributed by atoms with E-state index in [1.807, 2.05) is 42.5 Å². The second-order valence-electron chi connectivity index (χ2n) is 7.38. The molecule has 1 N–H and O–H groups in total. The van der Waals surface area contributed by atoms with Crippen LogP contribution in [0.1, 0.15) is 52.0 Å². The van der Waals surface area contributed by atoms with Crippen LogP contribution in [0.3, 0.4) is 0 Å². The molecule has 0 spiro atoms. The predicted molar refractivity (Wildman–Crippen MR) is 107 cm³/mol. The lowest BCUT2D eigenvalue weighted by molar-refractivity contribution is 0.112. The summed E-state index contributed by atoms with van der Waals surface area (Å²) in [6, 6.07) is 23.0. The summed E-state index contributed by atoms with van der Waals surface area (Å²) in [6.07, 6.45) is 0.792. The highest BCUT2D eigenvalue weighted by Gasteiger charge is 2.44. The van der Waals surface area contributed by atoms with Crippen LogP contribution in [0, 0.1) is 11.8 Å². The van der Waals surface area contributed by atoms with E-state index in [4.69, 9.17) is 0 Å². The molecule has 1 aliphatic carbocycles. The smallest absolute Gasteiger partial charge is 0.177 e. The summed E-state index contributed by atoms with van der Waals surface area (Å²) < 4.78 is 0. The number of hydrogen-bond acceptors (Lipinski definition) is 2. The lowest BCUT2D eigenvalue weighted by atomic mass is 9.63. The maximum Gasteiger partial charge on any atom is 0.177 e. The lowest BCUT2D eigenvalue weighted by Gasteiger charge is -2.41. The van der Waals surface area contributed by atoms with E-state index >= 15 is 0 Å². The van der Waals surface area contributed by atoms with E-state index < -0.39 is 5.60 Å². The van der Waals surface area contributed by atoms with Crippen molar-refractivity contribution in [2.24, 2.45) is 0 Å². The molecule has 2 heteroatoms. The van der Waals surface area contributed by atoms with Gasteiger partial charge in [0.25, 0.3) is 0 Å². The number of fused-ring (bicyclic) bond motifs is 2. The molecule has 0 atom stereocenters. The SMILES string of the molecule is CC1(C)c2ccccc2C(O)(C#Cc2ccccc2C=O)c2ccccc21. The van der Waals surface area contributed by atoms with Crippen molar-refractivity contribution in [1.29, 1.82) is 0 Å². The molecular formula is C25H20O2. The number of benzene rings is 3. The topological polar surface area (TPSA) is 37.3 Å². The van der Waals surface area contributed by atoms with E-state index in [1.54, 1.807) is 18.2 Å². The Labute approximate surface area is 159 Å². The summed E-state index contributed by atoms with van der Waals surface area (Å²) in [5, 5.41) is 11.8. The fraction of sp³-hybridized carbons (Fsp3) is 0.160. The Kier molecular flexibility index (Phi) is 3.98. The minimum Gasteiger partial charge on any atom is -0.369 e. The third kappa shape index (κ3) is 2.60. The molecule has 0 amide bonds. The maximum atomic E-state index is 11.8. The molecule has 3 aromatic carbocycles. The second kappa shape index (κ2) is 6.23. The van der Waals surface area contributed by atoms with Gasteiger partial charge in [0.1, 0.15) is 0 Å². The van der Waals surface area contributed by atoms with Crippen molar-refractivity contribution < 1.29 is 9.90 Å². The van der Waals surface area contributed by atoms with Gasteiger partial charge in [-0.25, -0.2) is 0 Å². The summed E-state index contributed by atoms with van der Waals surface area (Å²) in [6.45, 7) is 4.33. The summed E-state index contributed by atoms with van der Waals surface area (Å²) >= 11 is 0. The van der Waals surface area contributed by atoms with Crippen LogP contribution < -0.4 is 0 Å². The highest BCUT2D eigenvalue weighted by atomic mass is 16.3. The zero-order valence-corrected chi connectivity index (χ0v) is 15.4. The third-order valence-corrected chi connectivity index (χ3v) is 5.45. The van der Waals surface area contributed by atoms with Gasteiger partial charge in [-0.1, -0.05) is 92.4 Å². The van der Waals surface area contributed by atoms with Gasteiger partial charge in [-0.05, 0) is 17.2 Å². The quantitative estimate of drug-likeness (QED) is 0.520. The van der Waals surface area contributed by atoms with E-state index in [1.165, 1.54) is 0 Å². The molecule has 0 saturated carbocycles. The van der Waals surface area contributed by atoms with Crippen molar-refractivity contribution in [2.45, 2.75) is 24.9 Å². The average Bonchev–Trinajstić information content (AvgIpc) is 2.71. The Balaban J connectivity index is 1.99. The largest absolute Gasteiger partial charge is 0.369 e. The van der Waals surface area contributed by atoms with Gasteiger partial charge in [-0.3, -0.25) is 4.79 Å². The first-order valence-electron chi connectivity index (χ1n) is 8.98. The van der Waals surface area contributed by atoms with Crippen molar-refractivity contribution in [2.75, 3.05) is 0 Å². The Hall–Kier alpha value is -3.15. The first kappa shape index (κ1) is 17.3. The molecule has 132 valence electrons. The maximum absolute atomic E-state index is 11.8. The van der Waals surface area contributed by atoms with E-state index in [0.717, 1.165) is 28.5 Å². The molecular weight excluding hydrogens is 332 g/mol. The zero-order valence-electron chi connectivity index (χ0n) is 15.4. The van der Waals surface area contributed by atoms with Crippen LogP contribution in [-0.4, -0.2) is 11.4 Å². The molecule has 0 heterocycles. The van der Waals surface area contributed by atoms with Gasteiger partial charge < -0.3 is 5.11 Å². The molecule has 2 nitrogen and oxygen atoms in total. The van der Waals surface area contributed by atoms with Gasteiger partial charge in [0.15, 0.2) is 11.9 Å². The predicted octanol–water partition coefficient (Wildman–Crippen LogP) is 4.43. The number of aliphatic hydroxyl groups is 1. The first-order valence-corrected chi connectivity index (χ1v) is 8.98. The van der Waals surface area contributed by atoms with Crippen molar-refractivity contribution in [3.8, 4) is 11.8 Å². The van der Waals surface area contributed by atoms with Crippen molar-refractivity contribution in [1.82, 2.24) is 0 Å². The van der Waals surface area contributed by atoms with Crippen LogP contribution in [0.2, 0.25) is 0 Å². The molecule has 0 aliphatic heterocycles. The summed E-state index contributed by atoms with van der Waals surface area (Å²) in [5.41, 5.74) is 3.18. The zero-order chi connectivity index (χ0) is 19.1. The number of carbonyl (C=O) groups is 1. The van der Waals surface area contributed by atoms with Crippen molar-refractivity contribution in [3.05, 3.63) is 106 Å². The summed E-state index contributed by atoms with van der Waals surface area (Å²) in [4.78, 5) is 11.3. The highest BCUT2D eigenvalue weighted by molar-refractivity contribution is 5.79. The van der Waals surface area contributed by atoms with Gasteiger partial charge in [0, 0.05) is 27.7 Å². The lowest BCUT2D eigenvalue weighted by Crippen LogP contribution is -2.39. The third-order valence-electron chi connectivity index (χ3n) is 5.45. The minimum absolute atomic E-state index is 0.234. The van der Waals surface area contributed by atoms with Crippen molar-refractivity contribution in [3.63, 3.8) is 0 Å². The molecule has 0 unspecified atom stereocenters. The van der Waals surface area contributed by atoms with E-state index in [-0.39, 0.29) is 5.41 Å².